The molecule has 0 saturated carbocycles. The molecule has 0 aromatic heterocycles. The summed E-state index contributed by atoms with van der Waals surface area (Å²) in [5, 5.41) is 0.649. The van der Waals surface area contributed by atoms with Crippen molar-refractivity contribution in [3.63, 3.8) is 0 Å². The summed E-state index contributed by atoms with van der Waals surface area (Å²) in [6, 6.07) is 11.3. The SMILES string of the molecule is NC(c1ccc(Cl)c(F)c1)c1ccccc1Cl. The summed E-state index contributed by atoms with van der Waals surface area (Å²) in [4.78, 5) is 0. The van der Waals surface area contributed by atoms with Crippen LogP contribution in [0.2, 0.25) is 10.0 Å². The topological polar surface area (TPSA) is 26.0 Å². The van der Waals surface area contributed by atoms with Crippen molar-refractivity contribution in [2.75, 3.05) is 0 Å². The highest BCUT2D eigenvalue weighted by Gasteiger charge is 2.13. The van der Waals surface area contributed by atoms with Crippen LogP contribution in [0.4, 0.5) is 4.39 Å². The van der Waals surface area contributed by atoms with Crippen LogP contribution in [-0.2, 0) is 0 Å². The first-order valence-electron chi connectivity index (χ1n) is 5.04. The first-order chi connectivity index (χ1) is 8.09. The molecule has 4 heteroatoms. The van der Waals surface area contributed by atoms with E-state index in [2.05, 4.69) is 0 Å². The Morgan fingerprint density at radius 2 is 1.71 bits per heavy atom. The third-order valence-electron chi connectivity index (χ3n) is 2.54. The monoisotopic (exact) mass is 269 g/mol. The molecular formula is C13H10Cl2FN. The molecule has 1 atom stereocenters. The molecule has 1 nitrogen and oxygen atoms in total. The molecule has 0 heterocycles. The highest BCUT2D eigenvalue weighted by molar-refractivity contribution is 6.31. The molecule has 2 rings (SSSR count). The van der Waals surface area contributed by atoms with Gasteiger partial charge in [-0.15, -0.1) is 0 Å². The van der Waals surface area contributed by atoms with Crippen molar-refractivity contribution in [1.82, 2.24) is 0 Å². The quantitative estimate of drug-likeness (QED) is 0.870. The van der Waals surface area contributed by atoms with E-state index < -0.39 is 11.9 Å². The molecule has 0 aliphatic rings. The number of nitrogens with two attached hydrogens (primary N) is 1. The van der Waals surface area contributed by atoms with E-state index in [9.17, 15) is 4.39 Å². The van der Waals surface area contributed by atoms with Gasteiger partial charge in [-0.2, -0.15) is 0 Å². The van der Waals surface area contributed by atoms with Crippen LogP contribution >= 0.6 is 23.2 Å². The Kier molecular flexibility index (Phi) is 3.67. The second kappa shape index (κ2) is 5.05. The molecule has 0 aliphatic heterocycles. The molecule has 17 heavy (non-hydrogen) atoms. The molecule has 0 fully saturated rings. The van der Waals surface area contributed by atoms with Gasteiger partial charge in [-0.3, -0.25) is 0 Å². The fourth-order valence-corrected chi connectivity index (χ4v) is 1.98. The van der Waals surface area contributed by atoms with Gasteiger partial charge in [0.25, 0.3) is 0 Å². The van der Waals surface area contributed by atoms with Crippen LogP contribution in [0, 0.1) is 5.82 Å². The standard InChI is InChI=1S/C13H10Cl2FN/c14-10-4-2-1-3-9(10)13(17)8-5-6-11(15)12(16)7-8/h1-7,13H,17H2. The summed E-state index contributed by atoms with van der Waals surface area (Å²) in [5.74, 6) is -0.480. The van der Waals surface area contributed by atoms with E-state index in [4.69, 9.17) is 28.9 Å². The fourth-order valence-electron chi connectivity index (χ4n) is 1.61. The van der Waals surface area contributed by atoms with Gasteiger partial charge in [0, 0.05) is 5.02 Å². The minimum Gasteiger partial charge on any atom is -0.320 e. The highest BCUT2D eigenvalue weighted by Crippen LogP contribution is 2.27. The summed E-state index contributed by atoms with van der Waals surface area (Å²) in [5.41, 5.74) is 7.44. The molecule has 2 aromatic rings. The fraction of sp³-hybridized carbons (Fsp3) is 0.0769. The van der Waals surface area contributed by atoms with E-state index >= 15 is 0 Å². The van der Waals surface area contributed by atoms with E-state index in [-0.39, 0.29) is 5.02 Å². The largest absolute Gasteiger partial charge is 0.320 e. The second-order valence-corrected chi connectivity index (χ2v) is 4.49. The molecule has 0 saturated heterocycles. The van der Waals surface area contributed by atoms with Crippen molar-refractivity contribution in [3.05, 3.63) is 69.5 Å². The van der Waals surface area contributed by atoms with Gasteiger partial charge in [0.2, 0.25) is 0 Å². The number of hydrogen-bond donors (Lipinski definition) is 1. The first-order valence-corrected chi connectivity index (χ1v) is 5.80. The lowest BCUT2D eigenvalue weighted by atomic mass is 9.99. The van der Waals surface area contributed by atoms with Crippen molar-refractivity contribution in [3.8, 4) is 0 Å². The van der Waals surface area contributed by atoms with Crippen LogP contribution in [0.5, 0.6) is 0 Å². The molecule has 88 valence electrons. The van der Waals surface area contributed by atoms with Gasteiger partial charge < -0.3 is 5.73 Å². The third-order valence-corrected chi connectivity index (χ3v) is 3.19. The minimum atomic E-state index is -0.480. The second-order valence-electron chi connectivity index (χ2n) is 3.67. The molecule has 2 aromatic carbocycles. The summed E-state index contributed by atoms with van der Waals surface area (Å²) in [6.07, 6.45) is 0. The number of benzene rings is 2. The number of halogens is 3. The average molecular weight is 270 g/mol. The Bertz CT molecular complexity index is 543. The van der Waals surface area contributed by atoms with Crippen molar-refractivity contribution in [1.29, 1.82) is 0 Å². The zero-order valence-electron chi connectivity index (χ0n) is 8.83. The summed E-state index contributed by atoms with van der Waals surface area (Å²) in [6.45, 7) is 0. The molecule has 2 N–H and O–H groups in total. The zero-order valence-corrected chi connectivity index (χ0v) is 10.3. The molecule has 0 aliphatic carbocycles. The highest BCUT2D eigenvalue weighted by atomic mass is 35.5. The summed E-state index contributed by atoms with van der Waals surface area (Å²) >= 11 is 11.7. The van der Waals surface area contributed by atoms with E-state index in [1.807, 2.05) is 18.2 Å². The smallest absolute Gasteiger partial charge is 0.142 e. The van der Waals surface area contributed by atoms with Crippen LogP contribution in [0.25, 0.3) is 0 Å². The predicted octanol–water partition coefficient (Wildman–Crippen LogP) is 4.18. The van der Waals surface area contributed by atoms with E-state index in [1.54, 1.807) is 12.1 Å². The van der Waals surface area contributed by atoms with Gasteiger partial charge in [0.1, 0.15) is 5.82 Å². The maximum Gasteiger partial charge on any atom is 0.142 e. The van der Waals surface area contributed by atoms with E-state index in [1.165, 1.54) is 12.1 Å². The zero-order chi connectivity index (χ0) is 12.4. The van der Waals surface area contributed by atoms with Gasteiger partial charge in [-0.1, -0.05) is 47.5 Å². The maximum absolute atomic E-state index is 13.3. The Morgan fingerprint density at radius 3 is 2.35 bits per heavy atom. The molecule has 0 bridgehead atoms. The van der Waals surface area contributed by atoms with E-state index in [0.29, 0.717) is 10.6 Å². The Balaban J connectivity index is 2.40. The molecule has 0 spiro atoms. The lowest BCUT2D eigenvalue weighted by Gasteiger charge is -2.14. The molecular weight excluding hydrogens is 260 g/mol. The van der Waals surface area contributed by atoms with Crippen LogP contribution in [0.1, 0.15) is 17.2 Å². The van der Waals surface area contributed by atoms with Gasteiger partial charge in [-0.25, -0.2) is 4.39 Å². The van der Waals surface area contributed by atoms with E-state index in [0.717, 1.165) is 5.56 Å². The van der Waals surface area contributed by atoms with Gasteiger partial charge >= 0.3 is 0 Å². The van der Waals surface area contributed by atoms with Crippen molar-refractivity contribution >= 4 is 23.2 Å². The third kappa shape index (κ3) is 2.60. The van der Waals surface area contributed by atoms with Gasteiger partial charge in [0.15, 0.2) is 0 Å². The maximum atomic E-state index is 13.3. The number of hydrogen-bond acceptors (Lipinski definition) is 1. The Morgan fingerprint density at radius 1 is 1.00 bits per heavy atom. The van der Waals surface area contributed by atoms with Gasteiger partial charge in [0.05, 0.1) is 11.1 Å². The van der Waals surface area contributed by atoms with Crippen LogP contribution < -0.4 is 5.73 Å². The minimum absolute atomic E-state index is 0.0834. The van der Waals surface area contributed by atoms with Crippen LogP contribution in [-0.4, -0.2) is 0 Å². The van der Waals surface area contributed by atoms with Crippen LogP contribution in [0.3, 0.4) is 0 Å². The summed E-state index contributed by atoms with van der Waals surface area (Å²) in [7, 11) is 0. The Hall–Kier alpha value is -1.09. The van der Waals surface area contributed by atoms with Crippen molar-refractivity contribution < 1.29 is 4.39 Å². The Labute approximate surface area is 109 Å². The number of rotatable bonds is 2. The molecule has 0 amide bonds. The normalized spacial score (nSPS) is 12.5. The van der Waals surface area contributed by atoms with Crippen LogP contribution in [0.15, 0.2) is 42.5 Å². The predicted molar refractivity (Wildman–Crippen MR) is 68.9 cm³/mol. The van der Waals surface area contributed by atoms with Gasteiger partial charge in [-0.05, 0) is 29.3 Å². The molecule has 1 unspecified atom stereocenters. The van der Waals surface area contributed by atoms with Crippen molar-refractivity contribution in [2.45, 2.75) is 6.04 Å². The molecule has 0 radical (unpaired) electrons. The van der Waals surface area contributed by atoms with Crippen molar-refractivity contribution in [2.24, 2.45) is 5.73 Å². The lowest BCUT2D eigenvalue weighted by Crippen LogP contribution is -2.12. The first kappa shape index (κ1) is 12.4. The summed E-state index contributed by atoms with van der Waals surface area (Å²) < 4.78 is 13.3. The lowest BCUT2D eigenvalue weighted by molar-refractivity contribution is 0.624. The average Bonchev–Trinajstić information content (AvgIpc) is 2.32.